The molecule has 1 aliphatic rings. The van der Waals surface area contributed by atoms with E-state index in [-0.39, 0.29) is 6.09 Å². The van der Waals surface area contributed by atoms with Crippen LogP contribution in [0.15, 0.2) is 18.3 Å². The highest BCUT2D eigenvalue weighted by atomic mass is 16.6. The predicted octanol–water partition coefficient (Wildman–Crippen LogP) is 2.03. The van der Waals surface area contributed by atoms with Crippen LogP contribution in [-0.2, 0) is 11.8 Å². The Labute approximate surface area is 135 Å². The molecule has 0 N–H and O–H groups in total. The topological polar surface area (TPSA) is 63.5 Å². The average Bonchev–Trinajstić information content (AvgIpc) is 2.83. The van der Waals surface area contributed by atoms with Crippen LogP contribution in [0.3, 0.4) is 0 Å². The summed E-state index contributed by atoms with van der Waals surface area (Å²) in [5.41, 5.74) is 1.30. The average molecular weight is 317 g/mol. The molecule has 0 radical (unpaired) electrons. The molecule has 1 saturated heterocycles. The van der Waals surface area contributed by atoms with Crippen molar-refractivity contribution in [3.8, 4) is 0 Å². The highest BCUT2D eigenvalue weighted by Gasteiger charge is 2.27. The molecule has 124 valence electrons. The number of imidazole rings is 1. The van der Waals surface area contributed by atoms with Gasteiger partial charge in [-0.2, -0.15) is 0 Å². The third kappa shape index (κ3) is 3.23. The lowest BCUT2D eigenvalue weighted by atomic mass is 10.2. The van der Waals surface area contributed by atoms with Crippen molar-refractivity contribution in [2.24, 2.45) is 7.05 Å². The maximum atomic E-state index is 12.1. The zero-order chi connectivity index (χ0) is 16.6. The summed E-state index contributed by atoms with van der Waals surface area (Å²) in [6, 6.07) is 3.85. The van der Waals surface area contributed by atoms with E-state index in [2.05, 4.69) is 14.9 Å². The van der Waals surface area contributed by atoms with E-state index >= 15 is 0 Å². The summed E-state index contributed by atoms with van der Waals surface area (Å²) in [5.74, 6) is 0.891. The molecule has 1 fully saturated rings. The van der Waals surface area contributed by atoms with Crippen LogP contribution in [0.5, 0.6) is 0 Å². The second-order valence-electron chi connectivity index (χ2n) is 6.77. The number of rotatable bonds is 1. The van der Waals surface area contributed by atoms with Gasteiger partial charge in [0.05, 0.1) is 0 Å². The van der Waals surface area contributed by atoms with Crippen LogP contribution in [0.4, 0.5) is 10.7 Å². The van der Waals surface area contributed by atoms with Gasteiger partial charge in [0.25, 0.3) is 0 Å². The monoisotopic (exact) mass is 317 g/mol. The minimum atomic E-state index is -0.461. The van der Waals surface area contributed by atoms with Crippen molar-refractivity contribution < 1.29 is 9.53 Å². The van der Waals surface area contributed by atoms with Gasteiger partial charge in [0.2, 0.25) is 5.95 Å². The van der Waals surface area contributed by atoms with Gasteiger partial charge in [-0.3, -0.25) is 4.57 Å². The Bertz CT molecular complexity index is 711. The first-order chi connectivity index (χ1) is 10.8. The first-order valence-electron chi connectivity index (χ1n) is 7.85. The van der Waals surface area contributed by atoms with Gasteiger partial charge in [-0.15, -0.1) is 0 Å². The van der Waals surface area contributed by atoms with E-state index in [1.807, 2.05) is 44.5 Å². The molecule has 7 heteroatoms. The summed E-state index contributed by atoms with van der Waals surface area (Å²) in [6.07, 6.45) is 1.53. The van der Waals surface area contributed by atoms with Gasteiger partial charge in [0.1, 0.15) is 11.1 Å². The van der Waals surface area contributed by atoms with Crippen LogP contribution in [-0.4, -0.2) is 57.3 Å². The largest absolute Gasteiger partial charge is 0.444 e. The van der Waals surface area contributed by atoms with Gasteiger partial charge in [0.15, 0.2) is 5.65 Å². The van der Waals surface area contributed by atoms with Gasteiger partial charge in [-0.1, -0.05) is 0 Å². The van der Waals surface area contributed by atoms with Crippen LogP contribution < -0.4 is 4.90 Å². The summed E-state index contributed by atoms with van der Waals surface area (Å²) in [4.78, 5) is 25.1. The molecule has 0 spiro atoms. The smallest absolute Gasteiger partial charge is 0.410 e. The number of ether oxygens (including phenoxy) is 1. The minimum Gasteiger partial charge on any atom is -0.444 e. The fourth-order valence-electron chi connectivity index (χ4n) is 2.71. The second kappa shape index (κ2) is 5.72. The number of pyridine rings is 1. The van der Waals surface area contributed by atoms with E-state index in [0.29, 0.717) is 13.1 Å². The minimum absolute atomic E-state index is 0.246. The predicted molar refractivity (Wildman–Crippen MR) is 88.5 cm³/mol. The Balaban J connectivity index is 1.69. The first-order valence-corrected chi connectivity index (χ1v) is 7.85. The molecule has 1 aliphatic heterocycles. The maximum Gasteiger partial charge on any atom is 0.410 e. The number of aryl methyl sites for hydroxylation is 1. The Morgan fingerprint density at radius 2 is 1.91 bits per heavy atom. The van der Waals surface area contributed by atoms with Crippen molar-refractivity contribution >= 4 is 23.2 Å². The van der Waals surface area contributed by atoms with Crippen LogP contribution in [0.25, 0.3) is 11.2 Å². The molecule has 0 aliphatic carbocycles. The van der Waals surface area contributed by atoms with Crippen molar-refractivity contribution in [1.29, 1.82) is 0 Å². The molecule has 0 bridgehead atoms. The molecule has 1 amide bonds. The van der Waals surface area contributed by atoms with E-state index in [4.69, 9.17) is 4.74 Å². The zero-order valence-corrected chi connectivity index (χ0v) is 14.1. The van der Waals surface area contributed by atoms with E-state index in [0.717, 1.165) is 30.2 Å². The van der Waals surface area contributed by atoms with Crippen LogP contribution >= 0.6 is 0 Å². The van der Waals surface area contributed by atoms with Crippen molar-refractivity contribution in [2.45, 2.75) is 26.4 Å². The highest BCUT2D eigenvalue weighted by molar-refractivity contribution is 5.74. The molecule has 23 heavy (non-hydrogen) atoms. The van der Waals surface area contributed by atoms with Crippen molar-refractivity contribution in [3.63, 3.8) is 0 Å². The number of hydrogen-bond acceptors (Lipinski definition) is 5. The highest BCUT2D eigenvalue weighted by Crippen LogP contribution is 2.21. The molecule has 3 heterocycles. The lowest BCUT2D eigenvalue weighted by Crippen LogP contribution is -2.50. The van der Waals surface area contributed by atoms with Crippen LogP contribution in [0.2, 0.25) is 0 Å². The summed E-state index contributed by atoms with van der Waals surface area (Å²) in [7, 11) is 1.97. The fraction of sp³-hybridized carbons (Fsp3) is 0.562. The number of carbonyl (C=O) groups excluding carboxylic acids is 1. The standard InChI is InChI=1S/C16H23N5O2/c1-16(2,3)23-15(22)21-10-8-20(9-11-21)14-18-12-6-5-7-17-13(12)19(14)4/h5-7H,8-11H2,1-4H3. The Morgan fingerprint density at radius 1 is 1.22 bits per heavy atom. The lowest BCUT2D eigenvalue weighted by Gasteiger charge is -2.35. The van der Waals surface area contributed by atoms with Gasteiger partial charge in [-0.25, -0.2) is 14.8 Å². The summed E-state index contributed by atoms with van der Waals surface area (Å²) >= 11 is 0. The van der Waals surface area contributed by atoms with Crippen molar-refractivity contribution in [2.75, 3.05) is 31.1 Å². The molecule has 7 nitrogen and oxygen atoms in total. The molecule has 2 aromatic heterocycles. The number of fused-ring (bicyclic) bond motifs is 1. The molecule has 0 aromatic carbocycles. The fourth-order valence-corrected chi connectivity index (χ4v) is 2.71. The number of carbonyl (C=O) groups is 1. The Hall–Kier alpha value is -2.31. The van der Waals surface area contributed by atoms with Crippen LogP contribution in [0.1, 0.15) is 20.8 Å². The van der Waals surface area contributed by atoms with Gasteiger partial charge in [0, 0.05) is 39.4 Å². The Morgan fingerprint density at radius 3 is 2.52 bits per heavy atom. The number of amides is 1. The SMILES string of the molecule is Cn1c(N2CCN(C(=O)OC(C)(C)C)CC2)nc2cccnc21. The number of hydrogen-bond donors (Lipinski definition) is 0. The third-order valence-electron chi connectivity index (χ3n) is 3.82. The maximum absolute atomic E-state index is 12.1. The van der Waals surface area contributed by atoms with E-state index in [1.165, 1.54) is 0 Å². The number of aromatic nitrogens is 3. The normalized spacial score (nSPS) is 16.0. The second-order valence-corrected chi connectivity index (χ2v) is 6.77. The van der Waals surface area contributed by atoms with Crippen molar-refractivity contribution in [3.05, 3.63) is 18.3 Å². The van der Waals surface area contributed by atoms with Crippen LogP contribution in [0, 0.1) is 0 Å². The molecule has 0 atom stereocenters. The van der Waals surface area contributed by atoms with Crippen molar-refractivity contribution in [1.82, 2.24) is 19.4 Å². The molecule has 0 saturated carbocycles. The number of nitrogens with zero attached hydrogens (tertiary/aromatic N) is 5. The van der Waals surface area contributed by atoms with Gasteiger partial charge in [-0.05, 0) is 32.9 Å². The van der Waals surface area contributed by atoms with E-state index in [9.17, 15) is 4.79 Å². The van der Waals surface area contributed by atoms with Gasteiger partial charge < -0.3 is 14.5 Å². The molecular formula is C16H23N5O2. The Kier molecular flexibility index (Phi) is 3.87. The summed E-state index contributed by atoms with van der Waals surface area (Å²) in [6.45, 7) is 8.37. The van der Waals surface area contributed by atoms with Gasteiger partial charge >= 0.3 is 6.09 Å². The van der Waals surface area contributed by atoms with E-state index in [1.54, 1.807) is 11.1 Å². The molecule has 3 rings (SSSR count). The first kappa shape index (κ1) is 15.6. The molecular weight excluding hydrogens is 294 g/mol. The number of anilines is 1. The summed E-state index contributed by atoms with van der Waals surface area (Å²) in [5, 5.41) is 0. The zero-order valence-electron chi connectivity index (χ0n) is 14.1. The number of piperazine rings is 1. The third-order valence-corrected chi connectivity index (χ3v) is 3.82. The van der Waals surface area contributed by atoms with E-state index < -0.39 is 5.60 Å². The lowest BCUT2D eigenvalue weighted by molar-refractivity contribution is 0.0240. The summed E-state index contributed by atoms with van der Waals surface area (Å²) < 4.78 is 7.43. The quantitative estimate of drug-likeness (QED) is 0.805. The molecule has 2 aromatic rings. The molecule has 0 unspecified atom stereocenters.